The highest BCUT2D eigenvalue weighted by molar-refractivity contribution is 7.85. The third-order valence-electron chi connectivity index (χ3n) is 3.93. The Balaban J connectivity index is 2.46. The maximum Gasteiger partial charge on any atom is 0.0389 e. The zero-order chi connectivity index (χ0) is 12.1. The molecule has 1 N–H and O–H groups in total. The Kier molecular flexibility index (Phi) is 5.98. The molecule has 1 rings (SSSR count). The summed E-state index contributed by atoms with van der Waals surface area (Å²) in [5.74, 6) is 2.07. The molecule has 2 nitrogen and oxygen atoms in total. The van der Waals surface area contributed by atoms with Gasteiger partial charge in [0.15, 0.2) is 0 Å². The average molecular weight is 245 g/mol. The Morgan fingerprint density at radius 1 is 1.38 bits per heavy atom. The predicted octanol–water partition coefficient (Wildman–Crippen LogP) is 2.56. The van der Waals surface area contributed by atoms with E-state index < -0.39 is 10.8 Å². The SMILES string of the molecule is CCNC1CCC(S(=O)CC(C)CC)C1C. The Morgan fingerprint density at radius 2 is 2.06 bits per heavy atom. The highest BCUT2D eigenvalue weighted by Crippen LogP contribution is 2.30. The summed E-state index contributed by atoms with van der Waals surface area (Å²) < 4.78 is 12.3. The van der Waals surface area contributed by atoms with E-state index in [-0.39, 0.29) is 0 Å². The van der Waals surface area contributed by atoms with Crippen molar-refractivity contribution < 1.29 is 4.21 Å². The van der Waals surface area contributed by atoms with Crippen molar-refractivity contribution in [2.24, 2.45) is 11.8 Å². The van der Waals surface area contributed by atoms with Crippen molar-refractivity contribution in [2.75, 3.05) is 12.3 Å². The molecule has 1 aliphatic rings. The topological polar surface area (TPSA) is 29.1 Å². The third kappa shape index (κ3) is 3.56. The van der Waals surface area contributed by atoms with Gasteiger partial charge in [-0.1, -0.05) is 34.1 Å². The highest BCUT2D eigenvalue weighted by Gasteiger charge is 2.35. The summed E-state index contributed by atoms with van der Waals surface area (Å²) in [7, 11) is -0.620. The summed E-state index contributed by atoms with van der Waals surface area (Å²) >= 11 is 0. The van der Waals surface area contributed by atoms with Gasteiger partial charge >= 0.3 is 0 Å². The molecule has 0 aromatic rings. The largest absolute Gasteiger partial charge is 0.314 e. The lowest BCUT2D eigenvalue weighted by molar-refractivity contribution is 0.438. The van der Waals surface area contributed by atoms with Crippen LogP contribution in [-0.2, 0) is 10.8 Å². The first-order valence-corrected chi connectivity index (χ1v) is 8.08. The van der Waals surface area contributed by atoms with E-state index >= 15 is 0 Å². The second-order valence-electron chi connectivity index (χ2n) is 5.20. The van der Waals surface area contributed by atoms with Crippen LogP contribution in [0.15, 0.2) is 0 Å². The predicted molar refractivity (Wildman–Crippen MR) is 72.1 cm³/mol. The Bertz CT molecular complexity index is 232. The summed E-state index contributed by atoms with van der Waals surface area (Å²) in [6, 6.07) is 0.593. The first kappa shape index (κ1) is 14.2. The maximum absolute atomic E-state index is 12.3. The fourth-order valence-corrected chi connectivity index (χ4v) is 4.68. The number of hydrogen-bond acceptors (Lipinski definition) is 2. The molecule has 1 fully saturated rings. The van der Waals surface area contributed by atoms with Gasteiger partial charge in [-0.15, -0.1) is 0 Å². The minimum absolute atomic E-state index is 0.429. The molecule has 0 heterocycles. The summed E-state index contributed by atoms with van der Waals surface area (Å²) in [5, 5.41) is 3.94. The lowest BCUT2D eigenvalue weighted by atomic mass is 10.1. The van der Waals surface area contributed by atoms with E-state index in [0.29, 0.717) is 23.1 Å². The number of nitrogens with one attached hydrogen (secondary N) is 1. The first-order chi connectivity index (χ1) is 7.60. The lowest BCUT2D eigenvalue weighted by Crippen LogP contribution is -2.35. The number of hydrogen-bond donors (Lipinski definition) is 1. The Hall–Kier alpha value is 0.110. The molecule has 0 saturated heterocycles. The van der Waals surface area contributed by atoms with Gasteiger partial charge in [0.25, 0.3) is 0 Å². The van der Waals surface area contributed by atoms with Gasteiger partial charge in [-0.05, 0) is 31.2 Å². The number of rotatable bonds is 6. The van der Waals surface area contributed by atoms with Crippen molar-refractivity contribution >= 4 is 10.8 Å². The summed E-state index contributed by atoms with van der Waals surface area (Å²) in [5.41, 5.74) is 0. The van der Waals surface area contributed by atoms with Crippen LogP contribution in [0.3, 0.4) is 0 Å². The van der Waals surface area contributed by atoms with Gasteiger partial charge in [-0.3, -0.25) is 4.21 Å². The van der Waals surface area contributed by atoms with Crippen LogP contribution in [0.25, 0.3) is 0 Å². The molecule has 0 radical (unpaired) electrons. The van der Waals surface area contributed by atoms with Gasteiger partial charge in [0.05, 0.1) is 0 Å². The molecule has 1 saturated carbocycles. The minimum Gasteiger partial charge on any atom is -0.314 e. The standard InChI is InChI=1S/C13H27NOS/c1-5-10(3)9-16(15)13-8-7-12(11(13)4)14-6-2/h10-14H,5-9H2,1-4H3. The van der Waals surface area contributed by atoms with Crippen molar-refractivity contribution in [1.82, 2.24) is 5.32 Å². The maximum atomic E-state index is 12.3. The fourth-order valence-electron chi connectivity index (χ4n) is 2.57. The van der Waals surface area contributed by atoms with Crippen LogP contribution < -0.4 is 5.32 Å². The second kappa shape index (κ2) is 6.75. The average Bonchev–Trinajstić information content (AvgIpc) is 2.61. The van der Waals surface area contributed by atoms with Crippen LogP contribution in [0.4, 0.5) is 0 Å². The van der Waals surface area contributed by atoms with E-state index in [2.05, 4.69) is 33.0 Å². The Labute approximate surface area is 103 Å². The van der Waals surface area contributed by atoms with E-state index in [1.54, 1.807) is 0 Å². The van der Waals surface area contributed by atoms with E-state index in [1.165, 1.54) is 6.42 Å². The van der Waals surface area contributed by atoms with Crippen molar-refractivity contribution in [1.29, 1.82) is 0 Å². The van der Waals surface area contributed by atoms with Gasteiger partial charge in [-0.2, -0.15) is 0 Å². The van der Waals surface area contributed by atoms with Crippen LogP contribution in [0, 0.1) is 11.8 Å². The molecule has 0 aromatic heterocycles. The van der Waals surface area contributed by atoms with Gasteiger partial charge in [0.2, 0.25) is 0 Å². The molecule has 3 heteroatoms. The molecule has 16 heavy (non-hydrogen) atoms. The molecule has 0 aromatic carbocycles. The molecule has 0 spiro atoms. The van der Waals surface area contributed by atoms with Crippen LogP contribution in [0.2, 0.25) is 0 Å². The van der Waals surface area contributed by atoms with Crippen LogP contribution in [-0.4, -0.2) is 27.8 Å². The van der Waals surface area contributed by atoms with Gasteiger partial charge in [0, 0.05) is 27.8 Å². The Morgan fingerprint density at radius 3 is 2.62 bits per heavy atom. The van der Waals surface area contributed by atoms with Crippen molar-refractivity contribution in [3.63, 3.8) is 0 Å². The normalized spacial score (nSPS) is 33.9. The molecule has 0 aliphatic heterocycles. The van der Waals surface area contributed by atoms with Crippen molar-refractivity contribution in [3.8, 4) is 0 Å². The molecule has 96 valence electrons. The molecular formula is C13H27NOS. The molecule has 5 unspecified atom stereocenters. The second-order valence-corrected chi connectivity index (χ2v) is 6.90. The fraction of sp³-hybridized carbons (Fsp3) is 1.00. The molecular weight excluding hydrogens is 218 g/mol. The minimum atomic E-state index is -0.620. The summed E-state index contributed by atoms with van der Waals surface area (Å²) in [6.45, 7) is 9.83. The monoisotopic (exact) mass is 245 g/mol. The molecule has 1 aliphatic carbocycles. The van der Waals surface area contributed by atoms with Crippen LogP contribution in [0.1, 0.15) is 47.0 Å². The summed E-state index contributed by atoms with van der Waals surface area (Å²) in [6.07, 6.45) is 3.48. The zero-order valence-corrected chi connectivity index (χ0v) is 12.0. The first-order valence-electron chi connectivity index (χ1n) is 6.70. The summed E-state index contributed by atoms with van der Waals surface area (Å²) in [4.78, 5) is 0. The molecule has 0 amide bonds. The third-order valence-corrected chi connectivity index (χ3v) is 6.17. The lowest BCUT2D eigenvalue weighted by Gasteiger charge is -2.22. The molecule has 5 atom stereocenters. The smallest absolute Gasteiger partial charge is 0.0389 e. The van der Waals surface area contributed by atoms with E-state index in [0.717, 1.165) is 25.1 Å². The quantitative estimate of drug-likeness (QED) is 0.779. The molecule has 0 bridgehead atoms. The van der Waals surface area contributed by atoms with E-state index in [4.69, 9.17) is 0 Å². The zero-order valence-electron chi connectivity index (χ0n) is 11.2. The van der Waals surface area contributed by atoms with Crippen molar-refractivity contribution in [2.45, 2.75) is 58.2 Å². The van der Waals surface area contributed by atoms with Crippen LogP contribution >= 0.6 is 0 Å². The van der Waals surface area contributed by atoms with Crippen LogP contribution in [0.5, 0.6) is 0 Å². The van der Waals surface area contributed by atoms with E-state index in [9.17, 15) is 4.21 Å². The van der Waals surface area contributed by atoms with Gasteiger partial charge in [-0.25, -0.2) is 0 Å². The van der Waals surface area contributed by atoms with Gasteiger partial charge in [0.1, 0.15) is 0 Å². The van der Waals surface area contributed by atoms with Gasteiger partial charge < -0.3 is 5.32 Å². The van der Waals surface area contributed by atoms with E-state index in [1.807, 2.05) is 0 Å². The highest BCUT2D eigenvalue weighted by atomic mass is 32.2. The van der Waals surface area contributed by atoms with Crippen molar-refractivity contribution in [3.05, 3.63) is 0 Å².